The fraction of sp³-hybridized carbons (Fsp3) is 0.929. The van der Waals surface area contributed by atoms with Crippen LogP contribution in [0.1, 0.15) is 47.0 Å². The van der Waals surface area contributed by atoms with Crippen molar-refractivity contribution < 1.29 is 4.79 Å². The Morgan fingerprint density at radius 3 is 2.42 bits per heavy atom. The van der Waals surface area contributed by atoms with Crippen LogP contribution in [0.2, 0.25) is 0 Å². The topological polar surface area (TPSA) is 49.6 Å². The van der Waals surface area contributed by atoms with E-state index in [9.17, 15) is 4.79 Å². The van der Waals surface area contributed by atoms with Crippen LogP contribution in [0.5, 0.6) is 0 Å². The van der Waals surface area contributed by atoms with E-state index in [4.69, 9.17) is 5.73 Å². The lowest BCUT2D eigenvalue weighted by Gasteiger charge is -2.30. The maximum Gasteiger partial charge on any atom is 0.242 e. The molecule has 1 rings (SSSR count). The van der Waals surface area contributed by atoms with Crippen molar-refractivity contribution in [1.29, 1.82) is 0 Å². The molecule has 0 aromatic rings. The molecule has 0 aliphatic carbocycles. The number of carbonyl (C=O) groups is 1. The minimum Gasteiger partial charge on any atom is -0.339 e. The Balaban J connectivity index is 0.00000324. The quantitative estimate of drug-likeness (QED) is 0.813. The van der Waals surface area contributed by atoms with Crippen LogP contribution in [0.15, 0.2) is 0 Å². The van der Waals surface area contributed by atoms with Gasteiger partial charge in [0.1, 0.15) is 0 Å². The number of nitrogens with two attached hydrogens (primary N) is 1. The number of halogens is 1. The zero-order valence-corrected chi connectivity index (χ0v) is 13.6. The molecule has 1 saturated heterocycles. The number of carbonyl (C=O) groups excluding carboxylic acids is 1. The Morgan fingerprint density at radius 1 is 1.37 bits per heavy atom. The molecule has 2 atom stereocenters. The van der Waals surface area contributed by atoms with Gasteiger partial charge < -0.3 is 10.6 Å². The second-order valence-electron chi connectivity index (χ2n) is 5.58. The zero-order valence-electron chi connectivity index (χ0n) is 12.8. The SMILES string of the molecule is CCCC(C)(N)C(=O)N1CCC(N(CC)CC)C1.Cl. The molecule has 1 fully saturated rings. The zero-order chi connectivity index (χ0) is 13.8. The Bertz CT molecular complexity index is 280. The van der Waals surface area contributed by atoms with Crippen LogP contribution in [0, 0.1) is 0 Å². The highest BCUT2D eigenvalue weighted by Gasteiger charge is 2.36. The van der Waals surface area contributed by atoms with Gasteiger partial charge in [0, 0.05) is 19.1 Å². The average molecular weight is 292 g/mol. The molecule has 4 nitrogen and oxygen atoms in total. The molecule has 1 aliphatic rings. The Hall–Kier alpha value is -0.320. The van der Waals surface area contributed by atoms with E-state index in [1.807, 2.05) is 11.8 Å². The summed E-state index contributed by atoms with van der Waals surface area (Å²) in [5.74, 6) is 0.124. The highest BCUT2D eigenvalue weighted by Crippen LogP contribution is 2.20. The molecule has 0 aromatic heterocycles. The first-order valence-electron chi connectivity index (χ1n) is 7.28. The van der Waals surface area contributed by atoms with Crippen molar-refractivity contribution in [3.8, 4) is 0 Å². The predicted octanol–water partition coefficient (Wildman–Crippen LogP) is 1.87. The molecule has 0 radical (unpaired) electrons. The fourth-order valence-electron chi connectivity index (χ4n) is 2.95. The van der Waals surface area contributed by atoms with Gasteiger partial charge in [0.2, 0.25) is 5.91 Å². The molecular weight excluding hydrogens is 262 g/mol. The second-order valence-corrected chi connectivity index (χ2v) is 5.58. The molecule has 5 heteroatoms. The number of hydrogen-bond acceptors (Lipinski definition) is 3. The predicted molar refractivity (Wildman–Crippen MR) is 82.7 cm³/mol. The van der Waals surface area contributed by atoms with Gasteiger partial charge in [0.15, 0.2) is 0 Å². The molecule has 2 N–H and O–H groups in total. The summed E-state index contributed by atoms with van der Waals surface area (Å²) in [6.07, 6.45) is 2.79. The van der Waals surface area contributed by atoms with Gasteiger partial charge in [0.05, 0.1) is 5.54 Å². The highest BCUT2D eigenvalue weighted by atomic mass is 35.5. The van der Waals surface area contributed by atoms with Gasteiger partial charge in [-0.15, -0.1) is 12.4 Å². The van der Waals surface area contributed by atoms with Crippen molar-refractivity contribution in [3.05, 3.63) is 0 Å². The van der Waals surface area contributed by atoms with E-state index in [0.717, 1.165) is 45.4 Å². The van der Waals surface area contributed by atoms with Crippen molar-refractivity contribution >= 4 is 18.3 Å². The lowest BCUT2D eigenvalue weighted by Crippen LogP contribution is -2.53. The number of likely N-dealkylation sites (tertiary alicyclic amines) is 1. The third-order valence-electron chi connectivity index (χ3n) is 4.04. The highest BCUT2D eigenvalue weighted by molar-refractivity contribution is 5.86. The van der Waals surface area contributed by atoms with Crippen LogP contribution in [-0.2, 0) is 4.79 Å². The van der Waals surface area contributed by atoms with Crippen LogP contribution >= 0.6 is 12.4 Å². The smallest absolute Gasteiger partial charge is 0.242 e. The van der Waals surface area contributed by atoms with Gasteiger partial charge in [-0.1, -0.05) is 27.2 Å². The maximum absolute atomic E-state index is 12.4. The van der Waals surface area contributed by atoms with Gasteiger partial charge in [-0.05, 0) is 32.9 Å². The summed E-state index contributed by atoms with van der Waals surface area (Å²) in [5, 5.41) is 0. The van der Waals surface area contributed by atoms with Crippen LogP contribution < -0.4 is 5.73 Å². The van der Waals surface area contributed by atoms with Crippen LogP contribution in [0.4, 0.5) is 0 Å². The van der Waals surface area contributed by atoms with E-state index in [0.29, 0.717) is 6.04 Å². The first-order chi connectivity index (χ1) is 8.46. The standard InChI is InChI=1S/C14H29N3O.ClH/c1-5-9-14(4,15)13(18)17-10-8-12(11-17)16(6-2)7-3;/h12H,5-11,15H2,1-4H3;1H. The molecule has 0 aromatic carbocycles. The number of hydrogen-bond donors (Lipinski definition) is 1. The molecule has 0 saturated carbocycles. The number of rotatable bonds is 6. The molecular formula is C14H30ClN3O. The fourth-order valence-corrected chi connectivity index (χ4v) is 2.95. The summed E-state index contributed by atoms with van der Waals surface area (Å²) in [7, 11) is 0. The summed E-state index contributed by atoms with van der Waals surface area (Å²) in [5.41, 5.74) is 5.44. The maximum atomic E-state index is 12.4. The summed E-state index contributed by atoms with van der Waals surface area (Å²) >= 11 is 0. The third kappa shape index (κ3) is 4.62. The van der Waals surface area contributed by atoms with Crippen LogP contribution in [0.25, 0.3) is 0 Å². The summed E-state index contributed by atoms with van der Waals surface area (Å²) in [6.45, 7) is 12.1. The van der Waals surface area contributed by atoms with Crippen molar-refractivity contribution in [2.45, 2.75) is 58.5 Å². The van der Waals surface area contributed by atoms with E-state index in [1.54, 1.807) is 0 Å². The van der Waals surface area contributed by atoms with Gasteiger partial charge in [-0.25, -0.2) is 0 Å². The lowest BCUT2D eigenvalue weighted by molar-refractivity contribution is -0.135. The molecule has 19 heavy (non-hydrogen) atoms. The Morgan fingerprint density at radius 2 is 1.95 bits per heavy atom. The minimum atomic E-state index is -0.688. The van der Waals surface area contributed by atoms with Crippen LogP contribution in [0.3, 0.4) is 0 Å². The van der Waals surface area contributed by atoms with E-state index in [-0.39, 0.29) is 18.3 Å². The summed E-state index contributed by atoms with van der Waals surface area (Å²) in [6, 6.07) is 0.515. The molecule has 0 spiro atoms. The van der Waals surface area contributed by atoms with Gasteiger partial charge in [-0.3, -0.25) is 9.69 Å². The van der Waals surface area contributed by atoms with Crippen molar-refractivity contribution in [2.24, 2.45) is 5.73 Å². The van der Waals surface area contributed by atoms with Crippen molar-refractivity contribution in [1.82, 2.24) is 9.80 Å². The number of likely N-dealkylation sites (N-methyl/N-ethyl adjacent to an activating group) is 1. The van der Waals surface area contributed by atoms with Crippen LogP contribution in [-0.4, -0.2) is 53.5 Å². The van der Waals surface area contributed by atoms with Gasteiger partial charge in [-0.2, -0.15) is 0 Å². The Labute approximate surface area is 124 Å². The van der Waals surface area contributed by atoms with Crippen molar-refractivity contribution in [3.63, 3.8) is 0 Å². The molecule has 1 heterocycles. The number of amides is 1. The summed E-state index contributed by atoms with van der Waals surface area (Å²) < 4.78 is 0. The van der Waals surface area contributed by atoms with E-state index >= 15 is 0 Å². The second kappa shape index (κ2) is 8.08. The molecule has 1 aliphatic heterocycles. The van der Waals surface area contributed by atoms with E-state index < -0.39 is 5.54 Å². The van der Waals surface area contributed by atoms with Crippen molar-refractivity contribution in [2.75, 3.05) is 26.2 Å². The van der Waals surface area contributed by atoms with E-state index in [1.165, 1.54) is 0 Å². The van der Waals surface area contributed by atoms with E-state index in [2.05, 4.69) is 25.7 Å². The first kappa shape index (κ1) is 18.7. The molecule has 1 amide bonds. The molecule has 114 valence electrons. The third-order valence-corrected chi connectivity index (χ3v) is 4.04. The van der Waals surface area contributed by atoms with Gasteiger partial charge in [0.25, 0.3) is 0 Å². The molecule has 0 bridgehead atoms. The monoisotopic (exact) mass is 291 g/mol. The first-order valence-corrected chi connectivity index (χ1v) is 7.28. The summed E-state index contributed by atoms with van der Waals surface area (Å²) in [4.78, 5) is 16.8. The minimum absolute atomic E-state index is 0. The number of nitrogens with zero attached hydrogens (tertiary/aromatic N) is 2. The van der Waals surface area contributed by atoms with Gasteiger partial charge >= 0.3 is 0 Å². The Kier molecular flexibility index (Phi) is 7.94. The lowest BCUT2D eigenvalue weighted by atomic mass is 9.96. The molecule has 2 unspecified atom stereocenters. The average Bonchev–Trinajstić information content (AvgIpc) is 2.79. The normalized spacial score (nSPS) is 22.2. The largest absolute Gasteiger partial charge is 0.339 e.